The van der Waals surface area contributed by atoms with Crippen LogP contribution in [0.3, 0.4) is 0 Å². The molecule has 1 aliphatic carbocycles. The number of likely N-dealkylation sites (N-methyl/N-ethyl adjacent to an activating group) is 1. The van der Waals surface area contributed by atoms with Gasteiger partial charge in [-0.05, 0) is 45.1 Å². The zero-order valence-corrected chi connectivity index (χ0v) is 14.7. The van der Waals surface area contributed by atoms with Crippen LogP contribution in [0.2, 0.25) is 0 Å². The van der Waals surface area contributed by atoms with Gasteiger partial charge in [-0.25, -0.2) is 0 Å². The lowest BCUT2D eigenvalue weighted by Crippen LogP contribution is -2.52. The Kier molecular flexibility index (Phi) is 7.62. The van der Waals surface area contributed by atoms with E-state index in [1.165, 1.54) is 25.7 Å². The van der Waals surface area contributed by atoms with E-state index < -0.39 is 0 Å². The van der Waals surface area contributed by atoms with Gasteiger partial charge in [0, 0.05) is 32.3 Å². The van der Waals surface area contributed by atoms with Crippen LogP contribution in [0, 0.1) is 11.3 Å². The monoisotopic (exact) mass is 300 g/mol. The Hall–Kier alpha value is -0.160. The van der Waals surface area contributed by atoms with E-state index in [0.717, 1.165) is 32.2 Å². The van der Waals surface area contributed by atoms with Crippen molar-refractivity contribution in [1.29, 1.82) is 0 Å². The van der Waals surface area contributed by atoms with Gasteiger partial charge in [0.25, 0.3) is 0 Å². The summed E-state index contributed by atoms with van der Waals surface area (Å²) < 4.78 is 5.13. The van der Waals surface area contributed by atoms with Crippen molar-refractivity contribution < 1.29 is 9.84 Å². The number of rotatable bonds is 9. The highest BCUT2D eigenvalue weighted by atomic mass is 16.5. The van der Waals surface area contributed by atoms with Gasteiger partial charge in [-0.3, -0.25) is 4.90 Å². The highest BCUT2D eigenvalue weighted by Gasteiger charge is 2.37. The minimum atomic E-state index is -0.150. The Balaban J connectivity index is 2.63. The number of hydrogen-bond acceptors (Lipinski definition) is 4. The number of aliphatic hydroxyl groups is 1. The first kappa shape index (κ1) is 18.9. The van der Waals surface area contributed by atoms with E-state index in [9.17, 15) is 5.11 Å². The van der Waals surface area contributed by atoms with Crippen LogP contribution in [0.5, 0.6) is 0 Å². The van der Waals surface area contributed by atoms with Crippen LogP contribution >= 0.6 is 0 Å². The maximum absolute atomic E-state index is 9.59. The van der Waals surface area contributed by atoms with Crippen molar-refractivity contribution in [3.05, 3.63) is 0 Å². The van der Waals surface area contributed by atoms with E-state index in [-0.39, 0.29) is 12.1 Å². The molecule has 0 aromatic carbocycles. The van der Waals surface area contributed by atoms with Crippen LogP contribution in [0.4, 0.5) is 0 Å². The first-order chi connectivity index (χ1) is 9.85. The third kappa shape index (κ3) is 5.85. The van der Waals surface area contributed by atoms with Gasteiger partial charge >= 0.3 is 0 Å². The second-order valence-electron chi connectivity index (χ2n) is 7.68. The molecule has 1 saturated carbocycles. The van der Waals surface area contributed by atoms with Gasteiger partial charge in [0.2, 0.25) is 0 Å². The second-order valence-corrected chi connectivity index (χ2v) is 7.68. The Morgan fingerprint density at radius 3 is 2.48 bits per heavy atom. The third-order valence-electron chi connectivity index (χ3n) is 5.31. The van der Waals surface area contributed by atoms with Crippen LogP contribution in [-0.4, -0.2) is 62.6 Å². The molecule has 126 valence electrons. The predicted octanol–water partition coefficient (Wildman–Crippen LogP) is 2.12. The molecule has 1 aliphatic rings. The van der Waals surface area contributed by atoms with E-state index >= 15 is 0 Å². The molecule has 1 rings (SSSR count). The van der Waals surface area contributed by atoms with Crippen molar-refractivity contribution in [2.24, 2.45) is 11.3 Å². The smallest absolute Gasteiger partial charge is 0.0609 e. The molecular formula is C17H36N2O2. The molecule has 0 saturated heterocycles. The third-order valence-corrected chi connectivity index (χ3v) is 5.31. The van der Waals surface area contributed by atoms with Gasteiger partial charge in [-0.15, -0.1) is 0 Å². The molecule has 0 spiro atoms. The minimum Gasteiger partial charge on any atom is -0.394 e. The fraction of sp³-hybridized carbons (Fsp3) is 1.00. The molecule has 2 N–H and O–H groups in total. The quantitative estimate of drug-likeness (QED) is 0.640. The fourth-order valence-electron chi connectivity index (χ4n) is 3.13. The number of ether oxygens (including phenoxy) is 1. The number of nitrogens with one attached hydrogen (secondary N) is 1. The van der Waals surface area contributed by atoms with Crippen molar-refractivity contribution in [3.63, 3.8) is 0 Å². The van der Waals surface area contributed by atoms with Gasteiger partial charge in [0.15, 0.2) is 0 Å². The SMILES string of the molecule is COCCNCC1(CN(C)C(C)(C)CO)CCC(C)CC1. The largest absolute Gasteiger partial charge is 0.394 e. The van der Waals surface area contributed by atoms with E-state index in [1.807, 2.05) is 0 Å². The highest BCUT2D eigenvalue weighted by molar-refractivity contribution is 4.92. The van der Waals surface area contributed by atoms with Crippen LogP contribution in [0.1, 0.15) is 46.5 Å². The molecule has 0 radical (unpaired) electrons. The maximum Gasteiger partial charge on any atom is 0.0609 e. The van der Waals surface area contributed by atoms with Crippen molar-refractivity contribution in [1.82, 2.24) is 10.2 Å². The van der Waals surface area contributed by atoms with Crippen LogP contribution < -0.4 is 5.32 Å². The summed E-state index contributed by atoms with van der Waals surface area (Å²) in [5, 5.41) is 13.2. The fourth-order valence-corrected chi connectivity index (χ4v) is 3.13. The molecular weight excluding hydrogens is 264 g/mol. The van der Waals surface area contributed by atoms with E-state index in [2.05, 4.69) is 38.0 Å². The van der Waals surface area contributed by atoms with Gasteiger partial charge in [0.1, 0.15) is 0 Å². The van der Waals surface area contributed by atoms with Gasteiger partial charge in [-0.1, -0.05) is 19.8 Å². The molecule has 0 aromatic rings. The molecule has 21 heavy (non-hydrogen) atoms. The summed E-state index contributed by atoms with van der Waals surface area (Å²) in [7, 11) is 3.89. The minimum absolute atomic E-state index is 0.150. The molecule has 0 aliphatic heterocycles. The average Bonchev–Trinajstić information content (AvgIpc) is 2.47. The predicted molar refractivity (Wildman–Crippen MR) is 88.6 cm³/mol. The van der Waals surface area contributed by atoms with Crippen LogP contribution in [0.25, 0.3) is 0 Å². The highest BCUT2D eigenvalue weighted by Crippen LogP contribution is 2.39. The number of hydrogen-bond donors (Lipinski definition) is 2. The molecule has 4 nitrogen and oxygen atoms in total. The summed E-state index contributed by atoms with van der Waals surface area (Å²) in [4.78, 5) is 2.33. The van der Waals surface area contributed by atoms with E-state index in [4.69, 9.17) is 4.74 Å². The van der Waals surface area contributed by atoms with Gasteiger partial charge < -0.3 is 15.2 Å². The van der Waals surface area contributed by atoms with E-state index in [0.29, 0.717) is 5.41 Å². The maximum atomic E-state index is 9.59. The number of aliphatic hydroxyl groups excluding tert-OH is 1. The zero-order chi connectivity index (χ0) is 15.9. The lowest BCUT2D eigenvalue weighted by atomic mass is 9.70. The summed E-state index contributed by atoms with van der Waals surface area (Å²) in [6, 6.07) is 0. The molecule has 0 heterocycles. The Morgan fingerprint density at radius 2 is 1.95 bits per heavy atom. The number of methoxy groups -OCH3 is 1. The molecule has 0 aromatic heterocycles. The van der Waals surface area contributed by atoms with Crippen molar-refractivity contribution in [3.8, 4) is 0 Å². The lowest BCUT2D eigenvalue weighted by molar-refractivity contribution is 0.0198. The summed E-state index contributed by atoms with van der Waals surface area (Å²) in [5.74, 6) is 0.855. The molecule has 0 atom stereocenters. The summed E-state index contributed by atoms with van der Waals surface area (Å²) >= 11 is 0. The standard InChI is InChI=1S/C17H36N2O2/c1-15-6-8-17(9-7-15,12-18-10-11-21-5)13-19(4)16(2,3)14-20/h15,18,20H,6-14H2,1-5H3. The first-order valence-electron chi connectivity index (χ1n) is 8.37. The van der Waals surface area contributed by atoms with Crippen molar-refractivity contribution in [2.45, 2.75) is 52.0 Å². The van der Waals surface area contributed by atoms with Gasteiger partial charge in [-0.2, -0.15) is 0 Å². The summed E-state index contributed by atoms with van der Waals surface area (Å²) in [5.41, 5.74) is 0.185. The Labute approximate surface area is 131 Å². The molecule has 0 bridgehead atoms. The Morgan fingerprint density at radius 1 is 1.33 bits per heavy atom. The molecule has 4 heteroatoms. The van der Waals surface area contributed by atoms with E-state index in [1.54, 1.807) is 7.11 Å². The summed E-state index contributed by atoms with van der Waals surface area (Å²) in [6.07, 6.45) is 5.19. The Bertz CT molecular complexity index is 287. The van der Waals surface area contributed by atoms with Crippen LogP contribution in [0.15, 0.2) is 0 Å². The van der Waals surface area contributed by atoms with Gasteiger partial charge in [0.05, 0.1) is 13.2 Å². The van der Waals surface area contributed by atoms with Crippen molar-refractivity contribution >= 4 is 0 Å². The number of nitrogens with zero attached hydrogens (tertiary/aromatic N) is 1. The average molecular weight is 300 g/mol. The summed E-state index contributed by atoms with van der Waals surface area (Å²) in [6.45, 7) is 10.6. The first-order valence-corrected chi connectivity index (χ1v) is 8.37. The van der Waals surface area contributed by atoms with Crippen molar-refractivity contribution in [2.75, 3.05) is 47.0 Å². The second kappa shape index (κ2) is 8.47. The topological polar surface area (TPSA) is 44.7 Å². The molecule has 1 fully saturated rings. The lowest BCUT2D eigenvalue weighted by Gasteiger charge is -2.46. The molecule has 0 unspecified atom stereocenters. The zero-order valence-electron chi connectivity index (χ0n) is 14.7. The normalized spacial score (nSPS) is 27.3. The molecule has 0 amide bonds. The van der Waals surface area contributed by atoms with Crippen LogP contribution in [-0.2, 0) is 4.74 Å².